The molecule has 8 heteroatoms. The number of rotatable bonds is 8. The summed E-state index contributed by atoms with van der Waals surface area (Å²) in [6.45, 7) is 3.87. The van der Waals surface area contributed by atoms with Gasteiger partial charge in [-0.1, -0.05) is 27.7 Å². The lowest BCUT2D eigenvalue weighted by atomic mass is 10.4. The van der Waals surface area contributed by atoms with Crippen molar-refractivity contribution in [2.75, 3.05) is 5.75 Å². The van der Waals surface area contributed by atoms with E-state index in [0.717, 1.165) is 0 Å². The number of imide groups is 1. The molecule has 1 fully saturated rings. The number of amides is 2. The number of hydroxylamine groups is 2. The summed E-state index contributed by atoms with van der Waals surface area (Å²) in [6, 6.07) is 0. The predicted molar refractivity (Wildman–Crippen MR) is 84.6 cm³/mol. The fourth-order valence-electron chi connectivity index (χ4n) is 1.36. The fourth-order valence-corrected chi connectivity index (χ4v) is 3.30. The quantitative estimate of drug-likeness (QED) is 0.294. The third-order valence-electron chi connectivity index (χ3n) is 2.37. The number of hydrogen-bond acceptors (Lipinski definition) is 7. The van der Waals surface area contributed by atoms with Crippen molar-refractivity contribution in [1.29, 1.82) is 0 Å². The van der Waals surface area contributed by atoms with Crippen LogP contribution in [0.1, 0.15) is 33.1 Å². The first-order valence-corrected chi connectivity index (χ1v) is 8.92. The molecule has 1 aliphatic heterocycles. The standard InChI is InChI=1S/C13H18N2O4S2/c1-3-4-8-14-10(2)21-20-9-7-13(18)19-15-11(16)5-6-12(15)17/h3-4,8,10H,5-7,9H2,1-2H3/b4-3-,14-8-. The Kier molecular flexibility index (Phi) is 8.14. The van der Waals surface area contributed by atoms with Gasteiger partial charge in [-0.05, 0) is 19.9 Å². The normalized spacial score (nSPS) is 17.1. The molecule has 21 heavy (non-hydrogen) atoms. The van der Waals surface area contributed by atoms with E-state index < -0.39 is 17.8 Å². The lowest BCUT2D eigenvalue weighted by molar-refractivity contribution is -0.197. The second-order valence-corrected chi connectivity index (χ2v) is 6.94. The Morgan fingerprint density at radius 2 is 2.10 bits per heavy atom. The summed E-state index contributed by atoms with van der Waals surface area (Å²) in [4.78, 5) is 43.0. The number of allylic oxidation sites excluding steroid dienone is 2. The number of aliphatic imine (C=N–C) groups is 1. The lowest BCUT2D eigenvalue weighted by Gasteiger charge is -2.12. The van der Waals surface area contributed by atoms with Crippen LogP contribution < -0.4 is 0 Å². The zero-order chi connectivity index (χ0) is 15.7. The molecule has 1 saturated heterocycles. The predicted octanol–water partition coefficient (Wildman–Crippen LogP) is 2.36. The summed E-state index contributed by atoms with van der Waals surface area (Å²) in [5.41, 5.74) is 0. The maximum atomic E-state index is 11.5. The van der Waals surface area contributed by atoms with E-state index in [0.29, 0.717) is 10.8 Å². The monoisotopic (exact) mass is 330 g/mol. The minimum absolute atomic E-state index is 0.0870. The van der Waals surface area contributed by atoms with Crippen molar-refractivity contribution in [3.63, 3.8) is 0 Å². The highest BCUT2D eigenvalue weighted by Crippen LogP contribution is 2.27. The topological polar surface area (TPSA) is 76.0 Å². The van der Waals surface area contributed by atoms with Gasteiger partial charge in [-0.25, -0.2) is 4.79 Å². The molecule has 0 spiro atoms. The third kappa shape index (κ3) is 6.81. The van der Waals surface area contributed by atoms with Gasteiger partial charge in [-0.15, -0.1) is 5.06 Å². The number of carbonyl (C=O) groups is 3. The fraction of sp³-hybridized carbons (Fsp3) is 0.538. The van der Waals surface area contributed by atoms with E-state index in [-0.39, 0.29) is 24.6 Å². The van der Waals surface area contributed by atoms with Crippen molar-refractivity contribution in [2.24, 2.45) is 4.99 Å². The molecule has 1 heterocycles. The molecule has 0 aliphatic carbocycles. The smallest absolute Gasteiger partial charge is 0.330 e. The highest BCUT2D eigenvalue weighted by Gasteiger charge is 2.32. The molecule has 116 valence electrons. The minimum Gasteiger partial charge on any atom is -0.330 e. The Hall–Kier alpha value is -1.28. The van der Waals surface area contributed by atoms with Crippen LogP contribution in [0.3, 0.4) is 0 Å². The SMILES string of the molecule is C/C=C\C=N/C(C)SSCCC(=O)ON1C(=O)CCC1=O. The van der Waals surface area contributed by atoms with Gasteiger partial charge in [0.25, 0.3) is 11.8 Å². The maximum absolute atomic E-state index is 11.5. The lowest BCUT2D eigenvalue weighted by Crippen LogP contribution is -2.32. The van der Waals surface area contributed by atoms with Crippen molar-refractivity contribution in [2.45, 2.75) is 38.5 Å². The zero-order valence-corrected chi connectivity index (χ0v) is 13.6. The van der Waals surface area contributed by atoms with E-state index in [1.807, 2.05) is 26.0 Å². The number of carbonyl (C=O) groups excluding carboxylic acids is 3. The van der Waals surface area contributed by atoms with Crippen LogP contribution in [-0.4, -0.2) is 40.2 Å². The largest absolute Gasteiger partial charge is 0.334 e. The first-order chi connectivity index (χ1) is 10.0. The second-order valence-electron chi connectivity index (χ2n) is 4.14. The van der Waals surface area contributed by atoms with Gasteiger partial charge in [0.05, 0.1) is 6.42 Å². The minimum atomic E-state index is -0.572. The third-order valence-corrected chi connectivity index (χ3v) is 5.02. The van der Waals surface area contributed by atoms with Gasteiger partial charge in [-0.3, -0.25) is 14.6 Å². The molecule has 1 unspecified atom stereocenters. The molecule has 0 aromatic heterocycles. The summed E-state index contributed by atoms with van der Waals surface area (Å²) < 4.78 is 0. The summed E-state index contributed by atoms with van der Waals surface area (Å²) >= 11 is 0. The Morgan fingerprint density at radius 3 is 2.71 bits per heavy atom. The average molecular weight is 330 g/mol. The van der Waals surface area contributed by atoms with Crippen molar-refractivity contribution >= 4 is 45.6 Å². The van der Waals surface area contributed by atoms with Crippen LogP contribution in [0.15, 0.2) is 17.1 Å². The van der Waals surface area contributed by atoms with Crippen LogP contribution in [0.25, 0.3) is 0 Å². The number of nitrogens with zero attached hydrogens (tertiary/aromatic N) is 2. The molecule has 1 atom stereocenters. The van der Waals surface area contributed by atoms with Crippen LogP contribution in [0, 0.1) is 0 Å². The molecule has 0 aromatic rings. The Balaban J connectivity index is 2.16. The highest BCUT2D eigenvalue weighted by atomic mass is 33.1. The van der Waals surface area contributed by atoms with Crippen molar-refractivity contribution < 1.29 is 19.2 Å². The Labute approximate surface area is 131 Å². The van der Waals surface area contributed by atoms with E-state index in [1.165, 1.54) is 10.8 Å². The van der Waals surface area contributed by atoms with E-state index in [1.54, 1.807) is 17.0 Å². The summed E-state index contributed by atoms with van der Waals surface area (Å²) in [6.07, 6.45) is 5.84. The molecular formula is C13H18N2O4S2. The highest BCUT2D eigenvalue weighted by molar-refractivity contribution is 8.76. The molecular weight excluding hydrogens is 312 g/mol. The average Bonchev–Trinajstić information content (AvgIpc) is 2.76. The van der Waals surface area contributed by atoms with E-state index in [9.17, 15) is 14.4 Å². The summed E-state index contributed by atoms with van der Waals surface area (Å²) in [5.74, 6) is -0.954. The molecule has 6 nitrogen and oxygen atoms in total. The zero-order valence-electron chi connectivity index (χ0n) is 12.0. The molecule has 1 rings (SSSR count). The Morgan fingerprint density at radius 1 is 1.43 bits per heavy atom. The van der Waals surface area contributed by atoms with Crippen molar-refractivity contribution in [3.8, 4) is 0 Å². The molecule has 0 aromatic carbocycles. The van der Waals surface area contributed by atoms with Crippen LogP contribution in [0.4, 0.5) is 0 Å². The molecule has 2 amide bonds. The molecule has 0 N–H and O–H groups in total. The van der Waals surface area contributed by atoms with Gasteiger partial charge in [0.15, 0.2) is 0 Å². The van der Waals surface area contributed by atoms with Gasteiger partial charge < -0.3 is 4.84 Å². The molecule has 0 saturated carbocycles. The molecule has 0 radical (unpaired) electrons. The van der Waals surface area contributed by atoms with Crippen LogP contribution in [0.2, 0.25) is 0 Å². The van der Waals surface area contributed by atoms with Crippen molar-refractivity contribution in [3.05, 3.63) is 12.2 Å². The van der Waals surface area contributed by atoms with Crippen LogP contribution in [-0.2, 0) is 19.2 Å². The van der Waals surface area contributed by atoms with Gasteiger partial charge >= 0.3 is 5.97 Å². The van der Waals surface area contributed by atoms with Crippen LogP contribution in [0.5, 0.6) is 0 Å². The maximum Gasteiger partial charge on any atom is 0.334 e. The summed E-state index contributed by atoms with van der Waals surface area (Å²) in [7, 11) is 3.04. The van der Waals surface area contributed by atoms with Gasteiger partial charge in [0.1, 0.15) is 5.37 Å². The Bertz CT molecular complexity index is 435. The van der Waals surface area contributed by atoms with Gasteiger partial charge in [-0.2, -0.15) is 0 Å². The molecule has 1 aliphatic rings. The second kappa shape index (κ2) is 9.62. The first kappa shape index (κ1) is 17.8. The van der Waals surface area contributed by atoms with Gasteiger partial charge in [0.2, 0.25) is 0 Å². The van der Waals surface area contributed by atoms with E-state index in [2.05, 4.69) is 4.99 Å². The summed E-state index contributed by atoms with van der Waals surface area (Å²) in [5, 5.41) is 0.661. The van der Waals surface area contributed by atoms with E-state index in [4.69, 9.17) is 4.84 Å². The van der Waals surface area contributed by atoms with Gasteiger partial charge in [0, 0.05) is 24.8 Å². The van der Waals surface area contributed by atoms with Crippen LogP contribution >= 0.6 is 21.6 Å². The van der Waals surface area contributed by atoms with E-state index >= 15 is 0 Å². The number of hydrogen-bond donors (Lipinski definition) is 0. The van der Waals surface area contributed by atoms with Crippen molar-refractivity contribution in [1.82, 2.24) is 5.06 Å². The molecule has 0 bridgehead atoms. The first-order valence-electron chi connectivity index (χ1n) is 6.54.